The Balaban J connectivity index is 1.66. The number of hydrogen-bond donors (Lipinski definition) is 2. The van der Waals surface area contributed by atoms with E-state index in [1.54, 1.807) is 6.07 Å². The molecule has 8 nitrogen and oxygen atoms in total. The van der Waals surface area contributed by atoms with Gasteiger partial charge in [0.25, 0.3) is 17.4 Å². The van der Waals surface area contributed by atoms with E-state index in [0.717, 1.165) is 24.5 Å². The average Bonchev–Trinajstić information content (AvgIpc) is 2.93. The summed E-state index contributed by atoms with van der Waals surface area (Å²) in [6.07, 6.45) is 2.10. The van der Waals surface area contributed by atoms with Gasteiger partial charge in [0.05, 0.1) is 12.7 Å². The van der Waals surface area contributed by atoms with E-state index < -0.39 is 40.3 Å². The largest absolute Gasteiger partial charge is 0.506 e. The number of carbonyl (C=O) groups is 2. The molecule has 1 aromatic heterocycles. The van der Waals surface area contributed by atoms with E-state index in [0.29, 0.717) is 29.0 Å². The Labute approximate surface area is 224 Å². The maximum atomic E-state index is 14.1. The third kappa shape index (κ3) is 5.36. The van der Waals surface area contributed by atoms with Crippen molar-refractivity contribution in [3.63, 3.8) is 0 Å². The van der Waals surface area contributed by atoms with Crippen LogP contribution in [0.4, 0.5) is 8.78 Å². The Morgan fingerprint density at radius 2 is 1.64 bits per heavy atom. The predicted octanol–water partition coefficient (Wildman–Crippen LogP) is 4.28. The van der Waals surface area contributed by atoms with Gasteiger partial charge in [-0.1, -0.05) is 31.5 Å². The van der Waals surface area contributed by atoms with Crippen LogP contribution in [0.25, 0.3) is 11.1 Å². The van der Waals surface area contributed by atoms with Crippen LogP contribution in [-0.2, 0) is 6.42 Å². The highest BCUT2D eigenvalue weighted by Crippen LogP contribution is 2.41. The summed E-state index contributed by atoms with van der Waals surface area (Å²) >= 11 is 0. The first-order valence-corrected chi connectivity index (χ1v) is 12.8. The normalized spacial score (nSPS) is 13.5. The molecule has 0 aliphatic carbocycles. The van der Waals surface area contributed by atoms with E-state index in [2.05, 4.69) is 4.98 Å². The van der Waals surface area contributed by atoms with Crippen LogP contribution in [0.2, 0.25) is 0 Å². The van der Waals surface area contributed by atoms with Crippen LogP contribution in [0.5, 0.6) is 11.5 Å². The SMILES string of the molecule is CCCCc1[nH]c(=O)c(C(=O)N2CCN(C(=O)c3cccc(F)c3F)CC2)c(O)c1-c1c(C)cccc1OC. The molecule has 0 atom stereocenters. The fraction of sp³-hybridized carbons (Fsp3) is 0.345. The van der Waals surface area contributed by atoms with Crippen molar-refractivity contribution in [2.24, 2.45) is 0 Å². The minimum Gasteiger partial charge on any atom is -0.506 e. The van der Waals surface area contributed by atoms with Gasteiger partial charge in [0, 0.05) is 43.0 Å². The number of aromatic nitrogens is 1. The number of unbranched alkanes of at least 4 members (excludes halogenated alkanes) is 1. The summed E-state index contributed by atoms with van der Waals surface area (Å²) < 4.78 is 33.3. The highest BCUT2D eigenvalue weighted by molar-refractivity contribution is 6.00. The second-order valence-electron chi connectivity index (χ2n) is 9.47. The highest BCUT2D eigenvalue weighted by atomic mass is 19.2. The number of nitrogens with one attached hydrogen (secondary N) is 1. The monoisotopic (exact) mass is 539 g/mol. The molecule has 1 saturated heterocycles. The van der Waals surface area contributed by atoms with Crippen molar-refractivity contribution in [3.8, 4) is 22.6 Å². The zero-order valence-corrected chi connectivity index (χ0v) is 22.1. The fourth-order valence-corrected chi connectivity index (χ4v) is 4.89. The first kappa shape index (κ1) is 27.8. The van der Waals surface area contributed by atoms with E-state index in [4.69, 9.17) is 4.74 Å². The van der Waals surface area contributed by atoms with Gasteiger partial charge in [0.1, 0.15) is 17.1 Å². The Morgan fingerprint density at radius 3 is 2.28 bits per heavy atom. The lowest BCUT2D eigenvalue weighted by Gasteiger charge is -2.35. The van der Waals surface area contributed by atoms with Crippen LogP contribution in [0.3, 0.4) is 0 Å². The molecule has 0 saturated carbocycles. The van der Waals surface area contributed by atoms with Crippen molar-refractivity contribution in [1.29, 1.82) is 0 Å². The highest BCUT2D eigenvalue weighted by Gasteiger charge is 2.32. The second kappa shape index (κ2) is 11.7. The zero-order valence-electron chi connectivity index (χ0n) is 22.1. The van der Waals surface area contributed by atoms with Crippen molar-refractivity contribution in [1.82, 2.24) is 14.8 Å². The van der Waals surface area contributed by atoms with Gasteiger partial charge < -0.3 is 24.6 Å². The molecule has 2 N–H and O–H groups in total. The Morgan fingerprint density at radius 1 is 1.00 bits per heavy atom. The molecule has 2 heterocycles. The summed E-state index contributed by atoms with van der Waals surface area (Å²) in [6, 6.07) is 8.81. The number of benzene rings is 2. The summed E-state index contributed by atoms with van der Waals surface area (Å²) in [5.41, 5.74) is 0.744. The molecule has 206 valence electrons. The molecular weight excluding hydrogens is 508 g/mol. The summed E-state index contributed by atoms with van der Waals surface area (Å²) in [7, 11) is 1.51. The number of nitrogens with zero attached hydrogens (tertiary/aromatic N) is 2. The van der Waals surface area contributed by atoms with Crippen molar-refractivity contribution < 1.29 is 28.2 Å². The molecule has 0 bridgehead atoms. The quantitative estimate of drug-likeness (QED) is 0.467. The molecule has 0 radical (unpaired) electrons. The van der Waals surface area contributed by atoms with Gasteiger partial charge in [-0.15, -0.1) is 0 Å². The first-order valence-electron chi connectivity index (χ1n) is 12.8. The number of halogens is 2. The number of aromatic amines is 1. The van der Waals surface area contributed by atoms with E-state index in [1.165, 1.54) is 29.0 Å². The fourth-order valence-electron chi connectivity index (χ4n) is 4.89. The van der Waals surface area contributed by atoms with E-state index >= 15 is 0 Å². The van der Waals surface area contributed by atoms with Crippen LogP contribution < -0.4 is 10.3 Å². The van der Waals surface area contributed by atoms with E-state index in [9.17, 15) is 28.3 Å². The lowest BCUT2D eigenvalue weighted by atomic mass is 9.93. The third-order valence-electron chi connectivity index (χ3n) is 7.00. The van der Waals surface area contributed by atoms with Crippen LogP contribution in [0, 0.1) is 18.6 Å². The van der Waals surface area contributed by atoms with Gasteiger partial charge in [-0.3, -0.25) is 14.4 Å². The van der Waals surface area contributed by atoms with E-state index in [-0.39, 0.29) is 31.7 Å². The molecule has 3 aromatic rings. The molecule has 2 amide bonds. The number of methoxy groups -OCH3 is 1. The molecule has 2 aromatic carbocycles. The molecule has 4 rings (SSSR count). The van der Waals surface area contributed by atoms with Gasteiger partial charge in [-0.2, -0.15) is 0 Å². The van der Waals surface area contributed by atoms with Crippen molar-refractivity contribution in [2.75, 3.05) is 33.3 Å². The number of ether oxygens (including phenoxy) is 1. The lowest BCUT2D eigenvalue weighted by Crippen LogP contribution is -2.51. The number of hydrogen-bond acceptors (Lipinski definition) is 5. The Hall–Kier alpha value is -4.21. The molecule has 0 spiro atoms. The smallest absolute Gasteiger partial charge is 0.264 e. The maximum Gasteiger partial charge on any atom is 0.264 e. The van der Waals surface area contributed by atoms with Crippen LogP contribution in [-0.4, -0.2) is 65.0 Å². The van der Waals surface area contributed by atoms with Gasteiger partial charge in [-0.25, -0.2) is 8.78 Å². The minimum atomic E-state index is -1.22. The standard InChI is InChI=1S/C29H31F2N3O5/c1-4-5-11-20-23(22-17(2)8-6-12-21(22)39-3)26(35)24(27(36)32-20)29(38)34-15-13-33(14-16-34)28(37)18-9-7-10-19(30)25(18)31/h6-10,12H,4-5,11,13-16H2,1-3H3,(H2,32,35,36). The van der Waals surface area contributed by atoms with Crippen LogP contribution in [0.15, 0.2) is 41.2 Å². The first-order chi connectivity index (χ1) is 18.7. The number of pyridine rings is 1. The van der Waals surface area contributed by atoms with Gasteiger partial charge >= 0.3 is 0 Å². The van der Waals surface area contributed by atoms with E-state index in [1.807, 2.05) is 26.0 Å². The number of H-pyrrole nitrogens is 1. The molecule has 10 heteroatoms. The van der Waals surface area contributed by atoms with Crippen LogP contribution >= 0.6 is 0 Å². The average molecular weight is 540 g/mol. The summed E-state index contributed by atoms with van der Waals surface area (Å²) in [4.78, 5) is 44.9. The van der Waals surface area contributed by atoms with Crippen LogP contribution in [0.1, 0.15) is 51.7 Å². The summed E-state index contributed by atoms with van der Waals surface area (Å²) in [5, 5.41) is 11.4. The van der Waals surface area contributed by atoms with Gasteiger partial charge in [0.15, 0.2) is 11.6 Å². The Kier molecular flexibility index (Phi) is 8.32. The summed E-state index contributed by atoms with van der Waals surface area (Å²) in [6.45, 7) is 4.04. The lowest BCUT2D eigenvalue weighted by molar-refractivity contribution is 0.0529. The predicted molar refractivity (Wildman–Crippen MR) is 142 cm³/mol. The van der Waals surface area contributed by atoms with Crippen molar-refractivity contribution in [2.45, 2.75) is 33.1 Å². The second-order valence-corrected chi connectivity index (χ2v) is 9.47. The third-order valence-corrected chi connectivity index (χ3v) is 7.00. The molecular formula is C29H31F2N3O5. The molecule has 39 heavy (non-hydrogen) atoms. The number of piperazine rings is 1. The summed E-state index contributed by atoms with van der Waals surface area (Å²) in [5.74, 6) is -3.65. The Bertz CT molecular complexity index is 1460. The number of aromatic hydroxyl groups is 1. The number of rotatable bonds is 7. The van der Waals surface area contributed by atoms with Crippen molar-refractivity contribution >= 4 is 11.8 Å². The number of amides is 2. The van der Waals surface area contributed by atoms with Gasteiger partial charge in [0.2, 0.25) is 0 Å². The maximum absolute atomic E-state index is 14.1. The minimum absolute atomic E-state index is 0.0427. The van der Waals surface area contributed by atoms with Crippen molar-refractivity contribution in [3.05, 3.63) is 80.8 Å². The molecule has 1 aliphatic heterocycles. The topological polar surface area (TPSA) is 103 Å². The number of carbonyl (C=O) groups excluding carboxylic acids is 2. The molecule has 0 unspecified atom stereocenters. The number of aryl methyl sites for hydroxylation is 2. The van der Waals surface area contributed by atoms with Gasteiger partial charge in [-0.05, 0) is 43.5 Å². The zero-order chi connectivity index (χ0) is 28.3. The molecule has 1 aliphatic rings. The molecule has 1 fully saturated rings.